The smallest absolute Gasteiger partial charge is 0.0431 e. The van der Waals surface area contributed by atoms with Crippen molar-refractivity contribution in [2.24, 2.45) is 0 Å². The van der Waals surface area contributed by atoms with E-state index in [2.05, 4.69) is 52.8 Å². The summed E-state index contributed by atoms with van der Waals surface area (Å²) in [7, 11) is 0. The van der Waals surface area contributed by atoms with Crippen LogP contribution >= 0.6 is 39.0 Å². The maximum absolute atomic E-state index is 3.63. The third-order valence-corrected chi connectivity index (χ3v) is 5.20. The molecule has 0 saturated heterocycles. The molecule has 1 heterocycles. The van der Waals surface area contributed by atoms with Crippen LogP contribution in [0.25, 0.3) is 0 Å². The molecule has 92 valence electrons. The lowest BCUT2D eigenvalue weighted by molar-refractivity contribution is 0.577. The first-order chi connectivity index (χ1) is 7.65. The maximum atomic E-state index is 3.63. The molecular weight excluding hydrogens is 302 g/mol. The lowest BCUT2D eigenvalue weighted by atomic mass is 10.2. The van der Waals surface area contributed by atoms with Crippen LogP contribution in [-0.2, 0) is 0 Å². The van der Waals surface area contributed by atoms with Crippen molar-refractivity contribution in [2.45, 2.75) is 38.5 Å². The first-order valence-electron chi connectivity index (χ1n) is 5.71. The minimum Gasteiger partial charge on any atom is -0.309 e. The Kier molecular flexibility index (Phi) is 7.04. The van der Waals surface area contributed by atoms with Gasteiger partial charge in [0.05, 0.1) is 0 Å². The predicted molar refractivity (Wildman–Crippen MR) is 80.6 cm³/mol. The highest BCUT2D eigenvalue weighted by Crippen LogP contribution is 2.30. The van der Waals surface area contributed by atoms with E-state index in [9.17, 15) is 0 Å². The van der Waals surface area contributed by atoms with Gasteiger partial charge in [-0.15, -0.1) is 0 Å². The van der Waals surface area contributed by atoms with Crippen molar-refractivity contribution in [2.75, 3.05) is 12.3 Å². The van der Waals surface area contributed by atoms with Crippen LogP contribution in [0.1, 0.15) is 38.8 Å². The summed E-state index contributed by atoms with van der Waals surface area (Å²) in [5.41, 5.74) is 1.41. The summed E-state index contributed by atoms with van der Waals surface area (Å²) in [5, 5.41) is 8.73. The first kappa shape index (κ1) is 14.6. The van der Waals surface area contributed by atoms with E-state index in [4.69, 9.17) is 0 Å². The van der Waals surface area contributed by atoms with Crippen molar-refractivity contribution in [3.8, 4) is 0 Å². The molecule has 0 bridgehead atoms. The van der Waals surface area contributed by atoms with Crippen LogP contribution in [0, 0.1) is 0 Å². The van der Waals surface area contributed by atoms with Crippen LogP contribution in [-0.4, -0.2) is 17.5 Å². The number of hydrogen-bond donors (Lipinski definition) is 1. The van der Waals surface area contributed by atoms with Gasteiger partial charge in [0, 0.05) is 21.6 Å². The van der Waals surface area contributed by atoms with Gasteiger partial charge in [0.1, 0.15) is 0 Å². The Labute approximate surface area is 116 Å². The fourth-order valence-corrected chi connectivity index (χ4v) is 3.91. The van der Waals surface area contributed by atoms with Crippen LogP contribution in [0.2, 0.25) is 0 Å². The van der Waals surface area contributed by atoms with Crippen LogP contribution in [0.5, 0.6) is 0 Å². The molecule has 1 unspecified atom stereocenters. The molecule has 0 aliphatic heterocycles. The van der Waals surface area contributed by atoms with E-state index in [0.717, 1.165) is 12.3 Å². The topological polar surface area (TPSA) is 12.0 Å². The number of thiophene rings is 1. The molecule has 0 aliphatic carbocycles. The molecule has 1 aromatic heterocycles. The first-order valence-corrected chi connectivity index (χ1v) is 8.50. The summed E-state index contributed by atoms with van der Waals surface area (Å²) < 4.78 is 1.25. The third kappa shape index (κ3) is 4.78. The molecule has 0 spiro atoms. The van der Waals surface area contributed by atoms with Crippen molar-refractivity contribution >= 4 is 39.0 Å². The zero-order valence-corrected chi connectivity index (χ0v) is 13.3. The Hall–Kier alpha value is 0.490. The second kappa shape index (κ2) is 7.75. The third-order valence-electron chi connectivity index (χ3n) is 2.25. The Morgan fingerprint density at radius 1 is 1.44 bits per heavy atom. The van der Waals surface area contributed by atoms with E-state index in [1.165, 1.54) is 16.5 Å². The molecule has 1 nitrogen and oxygen atoms in total. The van der Waals surface area contributed by atoms with Gasteiger partial charge in [0.2, 0.25) is 0 Å². The minimum absolute atomic E-state index is 0.480. The zero-order valence-electron chi connectivity index (χ0n) is 10.1. The van der Waals surface area contributed by atoms with E-state index in [1.54, 1.807) is 11.3 Å². The number of hydrogen-bond acceptors (Lipinski definition) is 3. The predicted octanol–water partition coefficient (Wildman–Crippen LogP) is 4.69. The monoisotopic (exact) mass is 321 g/mol. The molecule has 1 N–H and O–H groups in total. The molecule has 0 radical (unpaired) electrons. The molecular formula is C12H20BrNS2. The minimum atomic E-state index is 0.480. The van der Waals surface area contributed by atoms with Crippen molar-refractivity contribution in [1.82, 2.24) is 5.32 Å². The standard InChI is InChI=1S/C12H20BrNS2/c1-4-5-14-12(8-16-9(2)3)10-6-15-7-11(10)13/h6-7,9,12,14H,4-5,8H2,1-3H3. The molecule has 0 fully saturated rings. The normalized spacial score (nSPS) is 13.3. The quantitative estimate of drug-likeness (QED) is 0.781. The molecule has 1 rings (SSSR count). The Morgan fingerprint density at radius 3 is 2.69 bits per heavy atom. The molecule has 1 aromatic rings. The van der Waals surface area contributed by atoms with Gasteiger partial charge >= 0.3 is 0 Å². The van der Waals surface area contributed by atoms with Crippen molar-refractivity contribution in [3.63, 3.8) is 0 Å². The van der Waals surface area contributed by atoms with Crippen molar-refractivity contribution in [3.05, 3.63) is 20.8 Å². The van der Waals surface area contributed by atoms with Gasteiger partial charge < -0.3 is 5.32 Å². The zero-order chi connectivity index (χ0) is 12.0. The highest BCUT2D eigenvalue weighted by molar-refractivity contribution is 9.10. The summed E-state index contributed by atoms with van der Waals surface area (Å²) in [6, 6.07) is 0.480. The molecule has 16 heavy (non-hydrogen) atoms. The molecule has 0 amide bonds. The van der Waals surface area contributed by atoms with Crippen molar-refractivity contribution < 1.29 is 0 Å². The highest BCUT2D eigenvalue weighted by atomic mass is 79.9. The summed E-state index contributed by atoms with van der Waals surface area (Å²) in [6.07, 6.45) is 1.19. The largest absolute Gasteiger partial charge is 0.309 e. The Bertz CT molecular complexity index is 299. The average Bonchev–Trinajstić information content (AvgIpc) is 2.65. The SMILES string of the molecule is CCCNC(CSC(C)C)c1cscc1Br. The Balaban J connectivity index is 2.60. The Morgan fingerprint density at radius 2 is 2.19 bits per heavy atom. The van der Waals surface area contributed by atoms with E-state index in [1.807, 2.05) is 11.8 Å². The van der Waals surface area contributed by atoms with Gasteiger partial charge in [-0.3, -0.25) is 0 Å². The van der Waals surface area contributed by atoms with Crippen LogP contribution in [0.15, 0.2) is 15.2 Å². The van der Waals surface area contributed by atoms with Gasteiger partial charge in [-0.05, 0) is 45.1 Å². The summed E-state index contributed by atoms with van der Waals surface area (Å²) in [5.74, 6) is 1.15. The van der Waals surface area contributed by atoms with E-state index < -0.39 is 0 Å². The highest BCUT2D eigenvalue weighted by Gasteiger charge is 2.15. The average molecular weight is 322 g/mol. The fourth-order valence-electron chi connectivity index (χ4n) is 1.41. The fraction of sp³-hybridized carbons (Fsp3) is 0.667. The van der Waals surface area contributed by atoms with Crippen molar-refractivity contribution in [1.29, 1.82) is 0 Å². The molecule has 0 aromatic carbocycles. The van der Waals surface area contributed by atoms with E-state index in [-0.39, 0.29) is 0 Å². The van der Waals surface area contributed by atoms with Crippen LogP contribution in [0.3, 0.4) is 0 Å². The molecule has 0 saturated carbocycles. The number of nitrogens with one attached hydrogen (secondary N) is 1. The molecule has 4 heteroatoms. The molecule has 1 atom stereocenters. The summed E-state index contributed by atoms with van der Waals surface area (Å²) in [4.78, 5) is 0. The number of rotatable bonds is 7. The van der Waals surface area contributed by atoms with Gasteiger partial charge in [-0.25, -0.2) is 0 Å². The number of thioether (sulfide) groups is 1. The van der Waals surface area contributed by atoms with Gasteiger partial charge in [0.25, 0.3) is 0 Å². The summed E-state index contributed by atoms with van der Waals surface area (Å²) in [6.45, 7) is 7.81. The lowest BCUT2D eigenvalue weighted by Gasteiger charge is -2.19. The summed E-state index contributed by atoms with van der Waals surface area (Å²) >= 11 is 7.41. The van der Waals surface area contributed by atoms with Crippen LogP contribution < -0.4 is 5.32 Å². The van der Waals surface area contributed by atoms with Gasteiger partial charge in [0.15, 0.2) is 0 Å². The second-order valence-corrected chi connectivity index (χ2v) is 7.27. The maximum Gasteiger partial charge on any atom is 0.0431 e. The number of halogens is 1. The van der Waals surface area contributed by atoms with E-state index >= 15 is 0 Å². The van der Waals surface area contributed by atoms with Gasteiger partial charge in [-0.1, -0.05) is 20.8 Å². The van der Waals surface area contributed by atoms with E-state index in [0.29, 0.717) is 11.3 Å². The van der Waals surface area contributed by atoms with Crippen LogP contribution in [0.4, 0.5) is 0 Å². The lowest BCUT2D eigenvalue weighted by Crippen LogP contribution is -2.24. The van der Waals surface area contributed by atoms with Gasteiger partial charge in [-0.2, -0.15) is 23.1 Å². The molecule has 0 aliphatic rings. The second-order valence-electron chi connectivity index (χ2n) is 4.06.